The van der Waals surface area contributed by atoms with Crippen LogP contribution in [0.1, 0.15) is 42.4 Å². The van der Waals surface area contributed by atoms with Gasteiger partial charge in [0, 0.05) is 17.1 Å². The average molecular weight is 718 g/mol. The van der Waals surface area contributed by atoms with Crippen LogP contribution < -0.4 is 4.90 Å². The van der Waals surface area contributed by atoms with Gasteiger partial charge in [-0.3, -0.25) is 0 Å². The van der Waals surface area contributed by atoms with E-state index in [0.717, 1.165) is 37.1 Å². The summed E-state index contributed by atoms with van der Waals surface area (Å²) in [5, 5.41) is 7.78. The first-order valence-electron chi connectivity index (χ1n) is 20.0. The molecule has 0 aliphatic heterocycles. The molecule has 2 aliphatic carbocycles. The molecular weight excluding hydrogens is 675 g/mol. The minimum Gasteiger partial charge on any atom is -0.310 e. The number of rotatable bonds is 7. The summed E-state index contributed by atoms with van der Waals surface area (Å²) in [7, 11) is 0. The molecule has 0 bridgehead atoms. The minimum atomic E-state index is 1.02. The van der Waals surface area contributed by atoms with E-state index in [0.29, 0.717) is 0 Å². The number of anilines is 3. The molecule has 1 nitrogen and oxygen atoms in total. The van der Waals surface area contributed by atoms with Gasteiger partial charge in [0.05, 0.1) is 0 Å². The minimum absolute atomic E-state index is 1.02. The lowest BCUT2D eigenvalue weighted by Gasteiger charge is -2.29. The highest BCUT2D eigenvalue weighted by Crippen LogP contribution is 2.49. The van der Waals surface area contributed by atoms with E-state index in [2.05, 4.69) is 206 Å². The van der Waals surface area contributed by atoms with Crippen LogP contribution in [0.2, 0.25) is 0 Å². The highest BCUT2D eigenvalue weighted by atomic mass is 15.1. The lowest BCUT2D eigenvalue weighted by Crippen LogP contribution is -2.11. The highest BCUT2D eigenvalue weighted by Gasteiger charge is 2.24. The van der Waals surface area contributed by atoms with Gasteiger partial charge in [-0.2, -0.15) is 0 Å². The Balaban J connectivity index is 1.32. The summed E-state index contributed by atoms with van der Waals surface area (Å²) in [4.78, 5) is 2.44. The van der Waals surface area contributed by atoms with Gasteiger partial charge in [-0.15, -0.1) is 0 Å². The van der Waals surface area contributed by atoms with E-state index in [4.69, 9.17) is 0 Å². The van der Waals surface area contributed by atoms with Crippen LogP contribution in [-0.4, -0.2) is 0 Å². The van der Waals surface area contributed by atoms with Gasteiger partial charge < -0.3 is 4.90 Å². The molecule has 2 aliphatic rings. The summed E-state index contributed by atoms with van der Waals surface area (Å²) in [5.74, 6) is 0. The predicted octanol–water partition coefficient (Wildman–Crippen LogP) is 15.7. The van der Waals surface area contributed by atoms with Gasteiger partial charge in [0.2, 0.25) is 0 Å². The number of nitrogens with zero attached hydrogens (tertiary/aromatic N) is 1. The van der Waals surface area contributed by atoms with Crippen molar-refractivity contribution in [2.75, 3.05) is 4.90 Å². The fourth-order valence-electron chi connectivity index (χ4n) is 9.01. The zero-order chi connectivity index (χ0) is 37.4. The molecule has 0 unspecified atom stereocenters. The number of benzene rings is 8. The SMILES string of the molecule is Cc1ccccc1N(c1cccc(-c2ccccc2)c1)c1ccc2c(c1)c1ccccc1c1c(-c3ccccc3)cc(C3=CCCC=C3)c(C3=CC=CCC3)c21. The first-order chi connectivity index (χ1) is 27.7. The maximum Gasteiger partial charge on any atom is 0.0490 e. The summed E-state index contributed by atoms with van der Waals surface area (Å²) in [6.45, 7) is 2.22. The normalized spacial score (nSPS) is 13.9. The van der Waals surface area contributed by atoms with E-state index >= 15 is 0 Å². The van der Waals surface area contributed by atoms with Crippen molar-refractivity contribution >= 4 is 60.5 Å². The van der Waals surface area contributed by atoms with Crippen molar-refractivity contribution in [3.05, 3.63) is 211 Å². The van der Waals surface area contributed by atoms with Crippen molar-refractivity contribution in [1.29, 1.82) is 0 Å². The molecule has 0 N–H and O–H groups in total. The van der Waals surface area contributed by atoms with Gasteiger partial charge in [-0.1, -0.05) is 158 Å². The second-order valence-corrected chi connectivity index (χ2v) is 15.1. The van der Waals surface area contributed by atoms with Crippen LogP contribution in [-0.2, 0) is 0 Å². The van der Waals surface area contributed by atoms with Crippen LogP contribution in [0.5, 0.6) is 0 Å². The standard InChI is InChI=1S/C55H43N/c1-38-19-14-17-32-52(38)56(44-29-18-28-43(35-44)39-20-6-2-7-21-39)45-33-34-48-51(36-45)46-30-15-16-31-47(46)54-50(41-24-10-4-11-25-41)37-49(40-22-8-3-9-23-40)53(55(48)54)42-26-12-5-13-27-42/h2,4-8,10-12,14-26,28-37H,3,9,13,27H2,1H3. The molecule has 10 rings (SSSR count). The Hall–Kier alpha value is -6.70. The largest absolute Gasteiger partial charge is 0.310 e. The van der Waals surface area contributed by atoms with E-state index < -0.39 is 0 Å². The zero-order valence-electron chi connectivity index (χ0n) is 31.8. The van der Waals surface area contributed by atoms with Gasteiger partial charge in [-0.25, -0.2) is 0 Å². The van der Waals surface area contributed by atoms with Crippen molar-refractivity contribution in [2.24, 2.45) is 0 Å². The Labute approximate surface area is 329 Å². The molecule has 0 fully saturated rings. The van der Waals surface area contributed by atoms with E-state index in [1.54, 1.807) is 0 Å². The van der Waals surface area contributed by atoms with E-state index in [1.165, 1.54) is 88.1 Å². The quantitative estimate of drug-likeness (QED) is 0.148. The summed E-state index contributed by atoms with van der Waals surface area (Å²) in [6, 6.07) is 58.2. The van der Waals surface area contributed by atoms with E-state index in [-0.39, 0.29) is 0 Å². The van der Waals surface area contributed by atoms with E-state index in [9.17, 15) is 0 Å². The van der Waals surface area contributed by atoms with Crippen LogP contribution in [0.25, 0.3) is 65.7 Å². The Morgan fingerprint density at radius 3 is 1.96 bits per heavy atom. The summed E-state index contributed by atoms with van der Waals surface area (Å²) < 4.78 is 0. The van der Waals surface area contributed by atoms with Crippen molar-refractivity contribution in [3.8, 4) is 22.3 Å². The van der Waals surface area contributed by atoms with Crippen molar-refractivity contribution in [2.45, 2.75) is 32.6 Å². The smallest absolute Gasteiger partial charge is 0.0490 e. The molecule has 1 heteroatoms. The van der Waals surface area contributed by atoms with Crippen molar-refractivity contribution in [1.82, 2.24) is 0 Å². The maximum atomic E-state index is 2.50. The lowest BCUT2D eigenvalue weighted by atomic mass is 9.79. The van der Waals surface area contributed by atoms with Gasteiger partial charge in [0.1, 0.15) is 0 Å². The Morgan fingerprint density at radius 1 is 0.482 bits per heavy atom. The first kappa shape index (κ1) is 33.8. The van der Waals surface area contributed by atoms with E-state index in [1.807, 2.05) is 0 Å². The third-order valence-corrected chi connectivity index (χ3v) is 11.6. The molecule has 0 saturated heterocycles. The summed E-state index contributed by atoms with van der Waals surface area (Å²) >= 11 is 0. The van der Waals surface area contributed by atoms with Gasteiger partial charge in [0.15, 0.2) is 0 Å². The first-order valence-corrected chi connectivity index (χ1v) is 20.0. The zero-order valence-corrected chi connectivity index (χ0v) is 31.8. The lowest BCUT2D eigenvalue weighted by molar-refractivity contribution is 1.04. The molecule has 0 saturated carbocycles. The second-order valence-electron chi connectivity index (χ2n) is 15.1. The Kier molecular flexibility index (Phi) is 8.77. The molecule has 0 amide bonds. The Morgan fingerprint density at radius 2 is 1.20 bits per heavy atom. The fourth-order valence-corrected chi connectivity index (χ4v) is 9.01. The van der Waals surface area contributed by atoms with Gasteiger partial charge in [-0.05, 0) is 151 Å². The summed E-state index contributed by atoms with van der Waals surface area (Å²) in [6.07, 6.45) is 18.3. The molecule has 0 aromatic heterocycles. The number of hydrogen-bond acceptors (Lipinski definition) is 1. The molecule has 0 spiro atoms. The number of hydrogen-bond donors (Lipinski definition) is 0. The molecule has 56 heavy (non-hydrogen) atoms. The van der Waals surface area contributed by atoms with Crippen LogP contribution in [0.4, 0.5) is 17.1 Å². The van der Waals surface area contributed by atoms with Crippen LogP contribution in [0.3, 0.4) is 0 Å². The number of fused-ring (bicyclic) bond motifs is 6. The van der Waals surface area contributed by atoms with Gasteiger partial charge in [0.25, 0.3) is 0 Å². The maximum absolute atomic E-state index is 2.50. The monoisotopic (exact) mass is 717 g/mol. The molecule has 268 valence electrons. The third-order valence-electron chi connectivity index (χ3n) is 11.6. The molecule has 8 aromatic carbocycles. The predicted molar refractivity (Wildman–Crippen MR) is 242 cm³/mol. The van der Waals surface area contributed by atoms with Crippen molar-refractivity contribution < 1.29 is 0 Å². The Bertz CT molecular complexity index is 2910. The highest BCUT2D eigenvalue weighted by molar-refractivity contribution is 6.31. The number of para-hydroxylation sites is 1. The molecule has 0 heterocycles. The molecular formula is C55H43N. The summed E-state index contributed by atoms with van der Waals surface area (Å²) in [5.41, 5.74) is 15.0. The number of aryl methyl sites for hydroxylation is 1. The van der Waals surface area contributed by atoms with Crippen LogP contribution in [0.15, 0.2) is 194 Å². The average Bonchev–Trinajstić information content (AvgIpc) is 3.28. The molecule has 0 atom stereocenters. The molecule has 0 radical (unpaired) electrons. The molecule has 8 aromatic rings. The topological polar surface area (TPSA) is 3.24 Å². The van der Waals surface area contributed by atoms with Gasteiger partial charge >= 0.3 is 0 Å². The second kappa shape index (κ2) is 14.5. The van der Waals surface area contributed by atoms with Crippen molar-refractivity contribution in [3.63, 3.8) is 0 Å². The fraction of sp³-hybridized carbons (Fsp3) is 0.0909. The van der Waals surface area contributed by atoms with Crippen LogP contribution >= 0.6 is 0 Å². The third kappa shape index (κ3) is 5.97. The van der Waals surface area contributed by atoms with Crippen LogP contribution in [0, 0.1) is 6.92 Å². The number of allylic oxidation sites excluding steroid dienone is 8.